The third-order valence-corrected chi connectivity index (χ3v) is 4.09. The van der Waals surface area contributed by atoms with Gasteiger partial charge in [0.1, 0.15) is 12.0 Å². The predicted octanol–water partition coefficient (Wildman–Crippen LogP) is 3.42. The van der Waals surface area contributed by atoms with E-state index in [1.54, 1.807) is 0 Å². The van der Waals surface area contributed by atoms with Gasteiger partial charge in [0, 0.05) is 12.3 Å². The first-order chi connectivity index (χ1) is 10.4. The molecule has 0 saturated heterocycles. The molecular formula is C17H29N5. The second-order valence-electron chi connectivity index (χ2n) is 6.04. The second kappa shape index (κ2) is 8.63. The van der Waals surface area contributed by atoms with Crippen molar-refractivity contribution in [2.24, 2.45) is 22.6 Å². The van der Waals surface area contributed by atoms with Crippen molar-refractivity contribution in [3.05, 3.63) is 23.7 Å². The molecule has 4 N–H and O–H groups in total. The Morgan fingerprint density at radius 1 is 1.41 bits per heavy atom. The van der Waals surface area contributed by atoms with Crippen LogP contribution in [0.4, 0.5) is 11.5 Å². The molecule has 0 radical (unpaired) electrons. The fraction of sp³-hybridized carbons (Fsp3) is 0.588. The van der Waals surface area contributed by atoms with E-state index in [2.05, 4.69) is 48.7 Å². The van der Waals surface area contributed by atoms with Gasteiger partial charge in [-0.05, 0) is 38.5 Å². The molecule has 122 valence electrons. The maximum Gasteiger partial charge on any atom is 0.153 e. The quantitative estimate of drug-likeness (QED) is 0.661. The van der Waals surface area contributed by atoms with Crippen LogP contribution in [0.15, 0.2) is 23.0 Å². The first-order valence-electron chi connectivity index (χ1n) is 7.90. The number of aliphatic imine (C=N–C) groups is 1. The van der Waals surface area contributed by atoms with Crippen LogP contribution in [0.5, 0.6) is 0 Å². The third-order valence-electron chi connectivity index (χ3n) is 4.09. The number of rotatable bonds is 3. The zero-order valence-corrected chi connectivity index (χ0v) is 14.4. The molecule has 0 aromatic carbocycles. The summed E-state index contributed by atoms with van der Waals surface area (Å²) < 4.78 is 0. The molecule has 0 aliphatic heterocycles. The first kappa shape index (κ1) is 18.3. The molecule has 1 aromatic heterocycles. The van der Waals surface area contributed by atoms with E-state index in [1.807, 2.05) is 13.1 Å². The van der Waals surface area contributed by atoms with Crippen molar-refractivity contribution in [1.82, 2.24) is 9.97 Å². The highest BCUT2D eigenvalue weighted by Gasteiger charge is 2.18. The maximum absolute atomic E-state index is 5.75. The minimum Gasteiger partial charge on any atom is -0.382 e. The highest BCUT2D eigenvalue weighted by molar-refractivity contribution is 5.71. The van der Waals surface area contributed by atoms with Crippen molar-refractivity contribution in [1.29, 1.82) is 0 Å². The van der Waals surface area contributed by atoms with Crippen LogP contribution in [0.1, 0.15) is 46.2 Å². The molecule has 3 atom stereocenters. The number of nitrogen functional groups attached to an aromatic ring is 1. The Labute approximate surface area is 134 Å². The molecule has 22 heavy (non-hydrogen) atoms. The number of allylic oxidation sites excluding steroid dienone is 1. The average Bonchev–Trinajstić information content (AvgIpc) is 2.78. The van der Waals surface area contributed by atoms with Crippen LogP contribution in [0.2, 0.25) is 0 Å². The van der Waals surface area contributed by atoms with Gasteiger partial charge in [0.25, 0.3) is 0 Å². The van der Waals surface area contributed by atoms with E-state index < -0.39 is 0 Å². The summed E-state index contributed by atoms with van der Waals surface area (Å²) in [6.07, 6.45) is 7.81. The Morgan fingerprint density at radius 3 is 2.50 bits per heavy atom. The van der Waals surface area contributed by atoms with Crippen molar-refractivity contribution in [2.75, 3.05) is 5.73 Å². The molecular weight excluding hydrogens is 274 g/mol. The topological polar surface area (TPSA) is 90.2 Å². The summed E-state index contributed by atoms with van der Waals surface area (Å²) in [4.78, 5) is 12.2. The van der Waals surface area contributed by atoms with Gasteiger partial charge >= 0.3 is 0 Å². The van der Waals surface area contributed by atoms with Crippen molar-refractivity contribution < 1.29 is 0 Å². The van der Waals surface area contributed by atoms with Gasteiger partial charge in [-0.3, -0.25) is 4.99 Å². The predicted molar refractivity (Wildman–Crippen MR) is 94.3 cm³/mol. The molecule has 0 amide bonds. The summed E-state index contributed by atoms with van der Waals surface area (Å²) in [6.45, 7) is 10.4. The SMILES string of the molecule is CC1=CCC(C)C1N.CCC(C)C=Nc1c(C)ncnc1N. The number of nitrogens with zero attached hydrogens (tertiary/aromatic N) is 3. The van der Waals surface area contributed by atoms with Gasteiger partial charge < -0.3 is 11.5 Å². The molecule has 2 rings (SSSR count). The van der Waals surface area contributed by atoms with Crippen molar-refractivity contribution in [2.45, 2.75) is 53.5 Å². The zero-order chi connectivity index (χ0) is 16.7. The van der Waals surface area contributed by atoms with Crippen LogP contribution in [0, 0.1) is 18.8 Å². The lowest BCUT2D eigenvalue weighted by Crippen LogP contribution is -2.24. The van der Waals surface area contributed by atoms with Crippen LogP contribution >= 0.6 is 0 Å². The van der Waals surface area contributed by atoms with Gasteiger partial charge in [-0.1, -0.05) is 32.4 Å². The highest BCUT2D eigenvalue weighted by atomic mass is 15.0. The number of nitrogens with two attached hydrogens (primary N) is 2. The van der Waals surface area contributed by atoms with Gasteiger partial charge in [0.2, 0.25) is 0 Å². The van der Waals surface area contributed by atoms with E-state index >= 15 is 0 Å². The van der Waals surface area contributed by atoms with Gasteiger partial charge in [-0.2, -0.15) is 0 Å². The minimum atomic E-state index is 0.343. The van der Waals surface area contributed by atoms with Crippen LogP contribution in [-0.2, 0) is 0 Å². The molecule has 0 saturated carbocycles. The zero-order valence-electron chi connectivity index (χ0n) is 14.4. The van der Waals surface area contributed by atoms with Crippen molar-refractivity contribution >= 4 is 17.7 Å². The van der Waals surface area contributed by atoms with E-state index in [0.29, 0.717) is 29.4 Å². The molecule has 1 aliphatic rings. The van der Waals surface area contributed by atoms with E-state index in [1.165, 1.54) is 18.3 Å². The smallest absolute Gasteiger partial charge is 0.153 e. The normalized spacial score (nSPS) is 22.2. The number of aromatic nitrogens is 2. The minimum absolute atomic E-state index is 0.343. The number of hydrogen-bond acceptors (Lipinski definition) is 5. The first-order valence-corrected chi connectivity index (χ1v) is 7.90. The number of anilines is 1. The van der Waals surface area contributed by atoms with Gasteiger partial charge in [0.05, 0.1) is 5.69 Å². The third kappa shape index (κ3) is 5.22. The Balaban J connectivity index is 0.000000255. The fourth-order valence-electron chi connectivity index (χ4n) is 2.06. The molecule has 1 heterocycles. The summed E-state index contributed by atoms with van der Waals surface area (Å²) >= 11 is 0. The average molecular weight is 303 g/mol. The monoisotopic (exact) mass is 303 g/mol. The van der Waals surface area contributed by atoms with Crippen LogP contribution in [0.3, 0.4) is 0 Å². The van der Waals surface area contributed by atoms with Crippen LogP contribution in [-0.4, -0.2) is 22.2 Å². The molecule has 0 spiro atoms. The van der Waals surface area contributed by atoms with E-state index in [0.717, 1.165) is 12.1 Å². The van der Waals surface area contributed by atoms with Gasteiger partial charge in [-0.25, -0.2) is 9.97 Å². The summed E-state index contributed by atoms with van der Waals surface area (Å²) in [6, 6.07) is 0.343. The summed E-state index contributed by atoms with van der Waals surface area (Å²) in [5.74, 6) is 1.57. The van der Waals surface area contributed by atoms with Crippen LogP contribution in [0.25, 0.3) is 0 Å². The molecule has 1 aromatic rings. The summed E-state index contributed by atoms with van der Waals surface area (Å²) in [7, 11) is 0. The largest absolute Gasteiger partial charge is 0.382 e. The van der Waals surface area contributed by atoms with E-state index in [9.17, 15) is 0 Å². The molecule has 5 heteroatoms. The molecule has 3 unspecified atom stereocenters. The lowest BCUT2D eigenvalue weighted by atomic mass is 10.0. The highest BCUT2D eigenvalue weighted by Crippen LogP contribution is 2.22. The Hall–Kier alpha value is -1.75. The van der Waals surface area contributed by atoms with Crippen molar-refractivity contribution in [3.63, 3.8) is 0 Å². The van der Waals surface area contributed by atoms with Crippen molar-refractivity contribution in [3.8, 4) is 0 Å². The van der Waals surface area contributed by atoms with Crippen LogP contribution < -0.4 is 11.5 Å². The lowest BCUT2D eigenvalue weighted by molar-refractivity contribution is 0.545. The fourth-order valence-corrected chi connectivity index (χ4v) is 2.06. The van der Waals surface area contributed by atoms with Gasteiger partial charge in [-0.15, -0.1) is 0 Å². The summed E-state index contributed by atoms with van der Waals surface area (Å²) in [5.41, 5.74) is 14.3. The summed E-state index contributed by atoms with van der Waals surface area (Å²) in [5, 5.41) is 0. The Kier molecular flexibility index (Phi) is 7.18. The molecule has 0 fully saturated rings. The van der Waals surface area contributed by atoms with E-state index in [-0.39, 0.29) is 0 Å². The molecule has 0 bridgehead atoms. The lowest BCUT2D eigenvalue weighted by Gasteiger charge is -2.09. The Bertz CT molecular complexity index is 516. The maximum atomic E-state index is 5.75. The standard InChI is InChI=1S/C10H16N4.C7H13N/c1-4-7(2)5-12-9-8(3)13-6-14-10(9)11;1-5-3-4-6(2)7(5)8/h5-7H,4H2,1-3H3,(H2,11,13,14);3,6-7H,4,8H2,1-2H3. The Morgan fingerprint density at radius 2 is 2.09 bits per heavy atom. The van der Waals surface area contributed by atoms with Gasteiger partial charge in [0.15, 0.2) is 5.82 Å². The molecule has 5 nitrogen and oxygen atoms in total. The van der Waals surface area contributed by atoms with E-state index in [4.69, 9.17) is 11.5 Å². The second-order valence-corrected chi connectivity index (χ2v) is 6.04. The molecule has 1 aliphatic carbocycles. The number of aryl methyl sites for hydroxylation is 1. The number of hydrogen-bond donors (Lipinski definition) is 2.